The molecule has 1 atom stereocenters. The second kappa shape index (κ2) is 4.13. The van der Waals surface area contributed by atoms with Crippen molar-refractivity contribution >= 4 is 22.2 Å². The highest BCUT2D eigenvalue weighted by Gasteiger charge is 2.15. The zero-order valence-electron chi connectivity index (χ0n) is 7.70. The van der Waals surface area contributed by atoms with E-state index in [-0.39, 0.29) is 5.92 Å². The fraction of sp³-hybridized carbons (Fsp3) is 0.364. The smallest absolute Gasteiger partial charge is 0.128 e. The first kappa shape index (κ1) is 9.71. The van der Waals surface area contributed by atoms with Gasteiger partial charge in [-0.2, -0.15) is 0 Å². The highest BCUT2D eigenvalue weighted by Crippen LogP contribution is 2.28. The molecule has 0 amide bonds. The molecular formula is C11H11BrO2. The molecule has 1 heterocycles. The van der Waals surface area contributed by atoms with Gasteiger partial charge < -0.3 is 9.53 Å². The lowest BCUT2D eigenvalue weighted by Gasteiger charge is -2.08. The molecule has 1 aliphatic rings. The quantitative estimate of drug-likeness (QED) is 0.612. The van der Waals surface area contributed by atoms with E-state index in [9.17, 15) is 4.79 Å². The summed E-state index contributed by atoms with van der Waals surface area (Å²) < 4.78 is 5.40. The van der Waals surface area contributed by atoms with Crippen LogP contribution in [0, 0.1) is 0 Å². The number of carbonyl (C=O) groups is 1. The molecule has 0 bridgehead atoms. The van der Waals surface area contributed by atoms with Gasteiger partial charge in [0.25, 0.3) is 0 Å². The fourth-order valence-electron chi connectivity index (χ4n) is 1.64. The van der Waals surface area contributed by atoms with Crippen LogP contribution in [0.25, 0.3) is 0 Å². The molecule has 0 spiro atoms. The van der Waals surface area contributed by atoms with E-state index in [4.69, 9.17) is 4.74 Å². The van der Waals surface area contributed by atoms with Gasteiger partial charge in [-0.3, -0.25) is 0 Å². The number of benzene rings is 1. The van der Waals surface area contributed by atoms with Crippen molar-refractivity contribution in [3.05, 3.63) is 29.3 Å². The largest absolute Gasteiger partial charge is 0.493 e. The van der Waals surface area contributed by atoms with E-state index in [0.29, 0.717) is 5.33 Å². The van der Waals surface area contributed by atoms with Gasteiger partial charge in [-0.05, 0) is 17.2 Å². The van der Waals surface area contributed by atoms with Gasteiger partial charge in [0.15, 0.2) is 0 Å². The van der Waals surface area contributed by atoms with Gasteiger partial charge in [-0.25, -0.2) is 0 Å². The Balaban J connectivity index is 2.32. The summed E-state index contributed by atoms with van der Waals surface area (Å²) in [6.07, 6.45) is 1.93. The minimum Gasteiger partial charge on any atom is -0.493 e. The Morgan fingerprint density at radius 3 is 3.14 bits per heavy atom. The number of alkyl halides is 1. The standard InChI is InChI=1S/C11H11BrO2/c12-6-10(7-13)8-1-2-11-9(5-8)3-4-14-11/h1-2,5,7,10H,3-4,6H2. The van der Waals surface area contributed by atoms with Crippen LogP contribution in [0.15, 0.2) is 18.2 Å². The number of hydrogen-bond acceptors (Lipinski definition) is 2. The van der Waals surface area contributed by atoms with Gasteiger partial charge >= 0.3 is 0 Å². The topological polar surface area (TPSA) is 26.3 Å². The molecular weight excluding hydrogens is 244 g/mol. The lowest BCUT2D eigenvalue weighted by molar-refractivity contribution is -0.108. The highest BCUT2D eigenvalue weighted by atomic mass is 79.9. The average molecular weight is 255 g/mol. The molecule has 0 aliphatic carbocycles. The normalized spacial score (nSPS) is 15.8. The maximum absolute atomic E-state index is 10.8. The number of ether oxygens (including phenoxy) is 1. The third-order valence-corrected chi connectivity index (χ3v) is 3.17. The second-order valence-corrected chi connectivity index (χ2v) is 4.01. The third kappa shape index (κ3) is 1.69. The van der Waals surface area contributed by atoms with Crippen LogP contribution in [0.2, 0.25) is 0 Å². The Morgan fingerprint density at radius 1 is 1.57 bits per heavy atom. The van der Waals surface area contributed by atoms with Crippen LogP contribution < -0.4 is 4.74 Å². The van der Waals surface area contributed by atoms with Crippen LogP contribution in [-0.2, 0) is 11.2 Å². The van der Waals surface area contributed by atoms with Crippen molar-refractivity contribution in [1.29, 1.82) is 0 Å². The molecule has 14 heavy (non-hydrogen) atoms. The molecule has 0 aromatic heterocycles. The Morgan fingerprint density at radius 2 is 2.43 bits per heavy atom. The molecule has 1 aliphatic heterocycles. The molecule has 1 aromatic rings. The van der Waals surface area contributed by atoms with Gasteiger partial charge in [0.1, 0.15) is 12.0 Å². The van der Waals surface area contributed by atoms with Crippen LogP contribution in [0.4, 0.5) is 0 Å². The molecule has 0 saturated heterocycles. The van der Waals surface area contributed by atoms with Crippen molar-refractivity contribution < 1.29 is 9.53 Å². The first-order chi connectivity index (χ1) is 6.85. The van der Waals surface area contributed by atoms with Gasteiger partial charge in [0.2, 0.25) is 0 Å². The Hall–Kier alpha value is -0.830. The fourth-order valence-corrected chi connectivity index (χ4v) is 2.17. The lowest BCUT2D eigenvalue weighted by atomic mass is 9.99. The van der Waals surface area contributed by atoms with Crippen LogP contribution in [0.5, 0.6) is 5.75 Å². The van der Waals surface area contributed by atoms with Crippen LogP contribution >= 0.6 is 15.9 Å². The predicted octanol–water partition coefficient (Wildman–Crippen LogP) is 2.30. The SMILES string of the molecule is O=CC(CBr)c1ccc2c(c1)CCO2. The second-order valence-electron chi connectivity index (χ2n) is 3.36. The van der Waals surface area contributed by atoms with Crippen molar-refractivity contribution in [2.75, 3.05) is 11.9 Å². The van der Waals surface area contributed by atoms with Crippen LogP contribution in [-0.4, -0.2) is 18.2 Å². The molecule has 74 valence electrons. The number of rotatable bonds is 3. The maximum atomic E-state index is 10.8. The number of hydrogen-bond donors (Lipinski definition) is 0. The van der Waals surface area contributed by atoms with Crippen molar-refractivity contribution in [3.8, 4) is 5.75 Å². The minimum absolute atomic E-state index is 0.0408. The summed E-state index contributed by atoms with van der Waals surface area (Å²) in [5.74, 6) is 0.925. The minimum atomic E-state index is -0.0408. The highest BCUT2D eigenvalue weighted by molar-refractivity contribution is 9.09. The van der Waals surface area contributed by atoms with Gasteiger partial charge in [0, 0.05) is 17.7 Å². The van der Waals surface area contributed by atoms with E-state index in [0.717, 1.165) is 30.6 Å². The summed E-state index contributed by atoms with van der Waals surface area (Å²) in [5.41, 5.74) is 2.29. The van der Waals surface area contributed by atoms with Crippen LogP contribution in [0.3, 0.4) is 0 Å². The van der Waals surface area contributed by atoms with Crippen molar-refractivity contribution in [2.24, 2.45) is 0 Å². The molecule has 1 unspecified atom stereocenters. The Bertz CT molecular complexity index is 349. The first-order valence-electron chi connectivity index (χ1n) is 4.62. The molecule has 0 radical (unpaired) electrons. The van der Waals surface area contributed by atoms with E-state index in [1.54, 1.807) is 0 Å². The molecule has 0 saturated carbocycles. The number of halogens is 1. The number of carbonyl (C=O) groups excluding carboxylic acids is 1. The Labute approximate surface area is 91.4 Å². The molecule has 0 fully saturated rings. The van der Waals surface area contributed by atoms with Gasteiger partial charge in [-0.15, -0.1) is 0 Å². The van der Waals surface area contributed by atoms with E-state index in [1.165, 1.54) is 5.56 Å². The predicted molar refractivity (Wildman–Crippen MR) is 58.2 cm³/mol. The number of fused-ring (bicyclic) bond motifs is 1. The van der Waals surface area contributed by atoms with E-state index in [1.807, 2.05) is 12.1 Å². The number of aldehydes is 1. The summed E-state index contributed by atoms with van der Waals surface area (Å²) in [4.78, 5) is 10.8. The molecule has 1 aromatic carbocycles. The van der Waals surface area contributed by atoms with E-state index in [2.05, 4.69) is 22.0 Å². The Kier molecular flexibility index (Phi) is 2.87. The monoisotopic (exact) mass is 254 g/mol. The first-order valence-corrected chi connectivity index (χ1v) is 5.74. The molecule has 2 nitrogen and oxygen atoms in total. The maximum Gasteiger partial charge on any atom is 0.128 e. The summed E-state index contributed by atoms with van der Waals surface area (Å²) in [6, 6.07) is 5.99. The van der Waals surface area contributed by atoms with Gasteiger partial charge in [0.05, 0.1) is 6.61 Å². The zero-order chi connectivity index (χ0) is 9.97. The van der Waals surface area contributed by atoms with Crippen LogP contribution in [0.1, 0.15) is 17.0 Å². The summed E-state index contributed by atoms with van der Waals surface area (Å²) in [5, 5.41) is 0.677. The molecule has 0 N–H and O–H groups in total. The molecule has 3 heteroatoms. The average Bonchev–Trinajstić information content (AvgIpc) is 2.66. The van der Waals surface area contributed by atoms with Crippen molar-refractivity contribution in [2.45, 2.75) is 12.3 Å². The summed E-state index contributed by atoms with van der Waals surface area (Å²) in [6.45, 7) is 0.763. The van der Waals surface area contributed by atoms with E-state index >= 15 is 0 Å². The van der Waals surface area contributed by atoms with Crippen molar-refractivity contribution in [1.82, 2.24) is 0 Å². The molecule has 2 rings (SSSR count). The van der Waals surface area contributed by atoms with Gasteiger partial charge in [-0.1, -0.05) is 28.1 Å². The third-order valence-electron chi connectivity index (χ3n) is 2.47. The lowest BCUT2D eigenvalue weighted by Crippen LogP contribution is -2.01. The summed E-state index contributed by atoms with van der Waals surface area (Å²) >= 11 is 3.33. The zero-order valence-corrected chi connectivity index (χ0v) is 9.29. The van der Waals surface area contributed by atoms with E-state index < -0.39 is 0 Å². The van der Waals surface area contributed by atoms with Crippen molar-refractivity contribution in [3.63, 3.8) is 0 Å². The summed E-state index contributed by atoms with van der Waals surface area (Å²) in [7, 11) is 0.